The summed E-state index contributed by atoms with van der Waals surface area (Å²) in [7, 11) is 0. The molecule has 6 atom stereocenters. The molecule has 4 heterocycles. The average Bonchev–Trinajstić information content (AvgIpc) is 3.15. The molecule has 3 amide bonds. The lowest BCUT2D eigenvalue weighted by Crippen LogP contribution is -2.58. The fraction of sp³-hybridized carbons (Fsp3) is 0.536. The summed E-state index contributed by atoms with van der Waals surface area (Å²) in [6.45, 7) is 7.11. The van der Waals surface area contributed by atoms with E-state index in [1.54, 1.807) is 16.7 Å². The van der Waals surface area contributed by atoms with Gasteiger partial charge in [-0.15, -0.1) is 0 Å². The van der Waals surface area contributed by atoms with Crippen LogP contribution in [-0.4, -0.2) is 87.1 Å². The van der Waals surface area contributed by atoms with E-state index in [1.807, 2.05) is 68.5 Å². The van der Waals surface area contributed by atoms with E-state index >= 15 is 0 Å². The molecule has 0 saturated carbocycles. The van der Waals surface area contributed by atoms with E-state index in [1.165, 1.54) is 4.90 Å². The molecule has 4 aliphatic heterocycles. The van der Waals surface area contributed by atoms with Gasteiger partial charge >= 0.3 is 0 Å². The van der Waals surface area contributed by atoms with Gasteiger partial charge in [0.1, 0.15) is 11.6 Å². The number of amides is 3. The van der Waals surface area contributed by atoms with Crippen molar-refractivity contribution in [2.75, 3.05) is 26.2 Å². The normalized spacial score (nSPS) is 34.4. The van der Waals surface area contributed by atoms with E-state index in [0.717, 1.165) is 12.0 Å². The zero-order chi connectivity index (χ0) is 25.7. The molecule has 1 aromatic carbocycles. The second-order valence-electron chi connectivity index (χ2n) is 10.6. The molecule has 0 bridgehead atoms. The van der Waals surface area contributed by atoms with Crippen LogP contribution >= 0.6 is 0 Å². The fourth-order valence-corrected chi connectivity index (χ4v) is 6.54. The molecule has 2 saturated heterocycles. The molecule has 1 aromatic rings. The monoisotopic (exact) mass is 493 g/mol. The number of carbonyl (C=O) groups excluding carboxylic acids is 3. The van der Waals surface area contributed by atoms with E-state index in [0.29, 0.717) is 26.2 Å². The van der Waals surface area contributed by atoms with Gasteiger partial charge in [-0.05, 0) is 25.8 Å². The van der Waals surface area contributed by atoms with Crippen molar-refractivity contribution in [3.8, 4) is 0 Å². The molecule has 1 unspecified atom stereocenters. The summed E-state index contributed by atoms with van der Waals surface area (Å²) in [6.07, 6.45) is 8.37. The van der Waals surface area contributed by atoms with Crippen LogP contribution < -0.4 is 0 Å². The van der Waals surface area contributed by atoms with Crippen molar-refractivity contribution in [1.82, 2.24) is 14.7 Å². The minimum atomic E-state index is -1.29. The lowest BCUT2D eigenvalue weighted by Gasteiger charge is -2.39. The summed E-state index contributed by atoms with van der Waals surface area (Å²) < 4.78 is 6.78. The Bertz CT molecular complexity index is 1100. The second kappa shape index (κ2) is 9.16. The largest absolute Gasteiger partial charge is 0.394 e. The Morgan fingerprint density at radius 1 is 1.00 bits per heavy atom. The molecule has 0 radical (unpaired) electrons. The number of hydrogen-bond acceptors (Lipinski definition) is 5. The maximum Gasteiger partial charge on any atom is 0.249 e. The Morgan fingerprint density at radius 2 is 1.69 bits per heavy atom. The highest BCUT2D eigenvalue weighted by Crippen LogP contribution is 2.57. The first-order chi connectivity index (χ1) is 17.3. The number of benzene rings is 1. The van der Waals surface area contributed by atoms with Gasteiger partial charge in [0, 0.05) is 26.2 Å². The van der Waals surface area contributed by atoms with Crippen molar-refractivity contribution >= 4 is 17.7 Å². The van der Waals surface area contributed by atoms with Gasteiger partial charge in [0.2, 0.25) is 17.7 Å². The maximum atomic E-state index is 14.2. The van der Waals surface area contributed by atoms with Crippen LogP contribution in [0.4, 0.5) is 0 Å². The number of likely N-dealkylation sites (tertiary alicyclic amines) is 1. The number of aliphatic hydroxyl groups excluding tert-OH is 1. The van der Waals surface area contributed by atoms with Crippen molar-refractivity contribution in [2.24, 2.45) is 11.8 Å². The zero-order valence-corrected chi connectivity index (χ0v) is 21.2. The Morgan fingerprint density at radius 3 is 2.39 bits per heavy atom. The van der Waals surface area contributed by atoms with Crippen LogP contribution in [0.1, 0.15) is 32.8 Å². The van der Waals surface area contributed by atoms with Crippen LogP contribution in [0.3, 0.4) is 0 Å². The van der Waals surface area contributed by atoms with Crippen LogP contribution in [0.5, 0.6) is 0 Å². The van der Waals surface area contributed by atoms with Crippen molar-refractivity contribution < 1.29 is 24.2 Å². The van der Waals surface area contributed by atoms with Gasteiger partial charge in [-0.3, -0.25) is 14.4 Å². The smallest absolute Gasteiger partial charge is 0.249 e. The number of aliphatic hydroxyl groups is 1. The summed E-state index contributed by atoms with van der Waals surface area (Å²) >= 11 is 0. The standard InChI is InChI=1S/C28H35N3O5/c1-4-14-29-15-8-12-27(3)21(24(29)33)22-25(34)31(19(2)18-32)23-26(35)30(16-9-13-28(22,23)36-27)17-20-10-6-5-7-11-20/h5-13,19,21-23,32H,4,14-18H2,1-3H3/t19-,21-,22+,23?,27+,28+/m1/s1. The highest BCUT2D eigenvalue weighted by Gasteiger charge is 2.75. The van der Waals surface area contributed by atoms with E-state index in [2.05, 4.69) is 0 Å². The number of ether oxygens (including phenoxy) is 1. The van der Waals surface area contributed by atoms with Crippen LogP contribution in [0.15, 0.2) is 54.6 Å². The van der Waals surface area contributed by atoms with Crippen LogP contribution in [0.2, 0.25) is 0 Å². The number of nitrogens with zero attached hydrogens (tertiary/aromatic N) is 3. The lowest BCUT2D eigenvalue weighted by molar-refractivity contribution is -0.155. The summed E-state index contributed by atoms with van der Waals surface area (Å²) in [4.78, 5) is 47.2. The maximum absolute atomic E-state index is 14.2. The Labute approximate surface area is 212 Å². The van der Waals surface area contributed by atoms with Gasteiger partial charge in [0.15, 0.2) is 0 Å². The number of fused-ring (bicyclic) bond motifs is 2. The van der Waals surface area contributed by atoms with E-state index < -0.39 is 35.1 Å². The molecule has 36 heavy (non-hydrogen) atoms. The summed E-state index contributed by atoms with van der Waals surface area (Å²) in [5.41, 5.74) is -1.33. The van der Waals surface area contributed by atoms with Gasteiger partial charge in [-0.25, -0.2) is 0 Å². The molecule has 192 valence electrons. The van der Waals surface area contributed by atoms with Crippen LogP contribution in [-0.2, 0) is 25.7 Å². The Kier molecular flexibility index (Phi) is 6.29. The fourth-order valence-electron chi connectivity index (χ4n) is 6.54. The lowest BCUT2D eigenvalue weighted by atomic mass is 9.74. The van der Waals surface area contributed by atoms with Crippen molar-refractivity contribution in [2.45, 2.75) is 57.0 Å². The predicted molar refractivity (Wildman–Crippen MR) is 133 cm³/mol. The first-order valence-corrected chi connectivity index (χ1v) is 12.9. The topological polar surface area (TPSA) is 90.4 Å². The average molecular weight is 494 g/mol. The Hall–Kier alpha value is -2.97. The molecule has 5 rings (SSSR count). The molecule has 4 aliphatic rings. The molecule has 2 fully saturated rings. The highest BCUT2D eigenvalue weighted by atomic mass is 16.5. The minimum absolute atomic E-state index is 0.122. The molecular formula is C28H35N3O5. The first kappa shape index (κ1) is 24.7. The molecular weight excluding hydrogens is 458 g/mol. The summed E-state index contributed by atoms with van der Waals surface area (Å²) in [6, 6.07) is 8.15. The predicted octanol–water partition coefficient (Wildman–Crippen LogP) is 1.75. The highest BCUT2D eigenvalue weighted by molar-refractivity contribution is 6.00. The SMILES string of the molecule is CCCN1CC=C[C@]2(C)O[C@]34C=CCN(Cc5ccccc5)C(=O)C3N([C@H](C)CO)C(=O)[C@@H]4[C@@H]2C1=O. The number of carbonyl (C=O) groups is 3. The summed E-state index contributed by atoms with van der Waals surface area (Å²) in [5.74, 6) is -2.28. The third-order valence-corrected chi connectivity index (χ3v) is 8.11. The minimum Gasteiger partial charge on any atom is -0.394 e. The van der Waals surface area contributed by atoms with Gasteiger partial charge < -0.3 is 24.5 Å². The second-order valence-corrected chi connectivity index (χ2v) is 10.6. The van der Waals surface area contributed by atoms with E-state index in [-0.39, 0.29) is 24.3 Å². The van der Waals surface area contributed by atoms with E-state index in [4.69, 9.17) is 4.74 Å². The Balaban J connectivity index is 1.60. The molecule has 8 heteroatoms. The number of hydrogen-bond donors (Lipinski definition) is 1. The summed E-state index contributed by atoms with van der Waals surface area (Å²) in [5, 5.41) is 10.1. The van der Waals surface area contributed by atoms with Crippen molar-refractivity contribution in [3.05, 3.63) is 60.2 Å². The molecule has 1 spiro atoms. The van der Waals surface area contributed by atoms with Gasteiger partial charge in [-0.1, -0.05) is 61.6 Å². The quantitative estimate of drug-likeness (QED) is 0.610. The van der Waals surface area contributed by atoms with E-state index in [9.17, 15) is 19.5 Å². The van der Waals surface area contributed by atoms with Gasteiger partial charge in [0.05, 0.1) is 30.1 Å². The van der Waals surface area contributed by atoms with Crippen LogP contribution in [0.25, 0.3) is 0 Å². The van der Waals surface area contributed by atoms with Gasteiger partial charge in [0.25, 0.3) is 0 Å². The van der Waals surface area contributed by atoms with Crippen molar-refractivity contribution in [3.63, 3.8) is 0 Å². The first-order valence-electron chi connectivity index (χ1n) is 12.9. The molecule has 8 nitrogen and oxygen atoms in total. The molecule has 1 N–H and O–H groups in total. The molecule has 0 aliphatic carbocycles. The third kappa shape index (κ3) is 3.61. The van der Waals surface area contributed by atoms with Gasteiger partial charge in [-0.2, -0.15) is 0 Å². The zero-order valence-electron chi connectivity index (χ0n) is 21.2. The van der Waals surface area contributed by atoms with Crippen LogP contribution in [0, 0.1) is 11.8 Å². The van der Waals surface area contributed by atoms with Crippen molar-refractivity contribution in [1.29, 1.82) is 0 Å². The number of rotatable bonds is 6. The third-order valence-electron chi connectivity index (χ3n) is 8.11. The molecule has 0 aromatic heterocycles.